The van der Waals surface area contributed by atoms with Gasteiger partial charge in [0, 0.05) is 12.4 Å². The summed E-state index contributed by atoms with van der Waals surface area (Å²) in [6.45, 7) is 7.99. The average molecular weight is 187 g/mol. The van der Waals surface area contributed by atoms with E-state index in [1.165, 1.54) is 11.1 Å². The fourth-order valence-electron chi connectivity index (χ4n) is 1.30. The molecular weight excluding hydrogens is 170 g/mol. The summed E-state index contributed by atoms with van der Waals surface area (Å²) in [4.78, 5) is 4.10. The topological polar surface area (TPSA) is 12.4 Å². The highest BCUT2D eigenvalue weighted by molar-refractivity contribution is 5.70. The molecule has 0 amide bonds. The lowest BCUT2D eigenvalue weighted by molar-refractivity contribution is 0.783. The van der Waals surface area contributed by atoms with E-state index >= 15 is 0 Å². The van der Waals surface area contributed by atoms with Gasteiger partial charge in [-0.3, -0.25) is 4.99 Å². The van der Waals surface area contributed by atoms with E-state index in [4.69, 9.17) is 0 Å². The number of hydrogen-bond acceptors (Lipinski definition) is 1. The van der Waals surface area contributed by atoms with E-state index in [9.17, 15) is 0 Å². The van der Waals surface area contributed by atoms with Crippen molar-refractivity contribution in [1.82, 2.24) is 0 Å². The van der Waals surface area contributed by atoms with Gasteiger partial charge >= 0.3 is 0 Å². The lowest BCUT2D eigenvalue weighted by Crippen LogP contribution is -1.95. The van der Waals surface area contributed by atoms with Gasteiger partial charge in [-0.15, -0.1) is 0 Å². The maximum absolute atomic E-state index is 4.10. The van der Waals surface area contributed by atoms with E-state index in [1.54, 1.807) is 12.3 Å². The monoisotopic (exact) mass is 187 g/mol. The first-order valence-corrected chi connectivity index (χ1v) is 4.95. The summed E-state index contributed by atoms with van der Waals surface area (Å²) >= 11 is 0. The van der Waals surface area contributed by atoms with Crippen LogP contribution < -0.4 is 0 Å². The van der Waals surface area contributed by atoms with Crippen LogP contribution in [0.15, 0.2) is 53.2 Å². The van der Waals surface area contributed by atoms with Crippen LogP contribution in [-0.4, -0.2) is 6.21 Å². The Morgan fingerprint density at radius 1 is 1.43 bits per heavy atom. The minimum Gasteiger partial charge on any atom is -0.264 e. The zero-order valence-corrected chi connectivity index (χ0v) is 8.90. The summed E-state index contributed by atoms with van der Waals surface area (Å²) in [5, 5.41) is 0. The highest BCUT2D eigenvalue weighted by atomic mass is 14.7. The minimum absolute atomic E-state index is 0.615. The van der Waals surface area contributed by atoms with Crippen molar-refractivity contribution in [3.05, 3.63) is 48.2 Å². The number of hydrogen-bond donors (Lipinski definition) is 0. The molecule has 0 N–H and O–H groups in total. The Kier molecular flexibility index (Phi) is 4.11. The van der Waals surface area contributed by atoms with Crippen molar-refractivity contribution in [2.75, 3.05) is 0 Å². The smallest absolute Gasteiger partial charge is 0.0302 e. The first kappa shape index (κ1) is 10.7. The third-order valence-electron chi connectivity index (χ3n) is 2.16. The maximum Gasteiger partial charge on any atom is 0.0302 e. The first-order chi connectivity index (χ1) is 6.74. The summed E-state index contributed by atoms with van der Waals surface area (Å²) in [7, 11) is 0. The van der Waals surface area contributed by atoms with Crippen LogP contribution in [0, 0.1) is 5.92 Å². The summed E-state index contributed by atoms with van der Waals surface area (Å²) < 4.78 is 0. The Balaban J connectivity index is 2.60. The van der Waals surface area contributed by atoms with Crippen molar-refractivity contribution in [2.24, 2.45) is 10.9 Å². The van der Waals surface area contributed by atoms with Gasteiger partial charge < -0.3 is 0 Å². The standard InChI is InChI=1S/C13H17N/c1-4-9-14-10-12-5-7-13(8-6-12)11(2)3/h4-5,7-11H,1,6H2,2-3H3/b12-10-,14-9?. The summed E-state index contributed by atoms with van der Waals surface area (Å²) in [5.74, 6) is 0.615. The molecule has 74 valence electrons. The maximum atomic E-state index is 4.10. The number of aliphatic imine (C=N–C) groups is 1. The predicted molar refractivity (Wildman–Crippen MR) is 63.5 cm³/mol. The van der Waals surface area contributed by atoms with Gasteiger partial charge in [0.25, 0.3) is 0 Å². The fraction of sp³-hybridized carbons (Fsp3) is 0.308. The summed E-state index contributed by atoms with van der Waals surface area (Å²) in [5.41, 5.74) is 2.65. The van der Waals surface area contributed by atoms with Gasteiger partial charge in [0.05, 0.1) is 0 Å². The van der Waals surface area contributed by atoms with Crippen LogP contribution in [0.3, 0.4) is 0 Å². The van der Waals surface area contributed by atoms with E-state index in [1.807, 2.05) is 6.20 Å². The van der Waals surface area contributed by atoms with E-state index in [0.717, 1.165) is 6.42 Å². The average Bonchev–Trinajstić information content (AvgIpc) is 2.19. The molecule has 0 aromatic carbocycles. The Hall–Kier alpha value is -1.37. The normalized spacial score (nSPS) is 19.4. The molecule has 0 unspecified atom stereocenters. The van der Waals surface area contributed by atoms with Crippen molar-refractivity contribution in [3.63, 3.8) is 0 Å². The Labute approximate surface area is 86.2 Å². The van der Waals surface area contributed by atoms with Crippen LogP contribution in [0.1, 0.15) is 20.3 Å². The van der Waals surface area contributed by atoms with Crippen LogP contribution >= 0.6 is 0 Å². The van der Waals surface area contributed by atoms with Crippen molar-refractivity contribution in [1.29, 1.82) is 0 Å². The third kappa shape index (κ3) is 3.17. The Morgan fingerprint density at radius 2 is 2.21 bits per heavy atom. The van der Waals surface area contributed by atoms with Crippen molar-refractivity contribution >= 4 is 6.21 Å². The molecule has 0 saturated carbocycles. The van der Waals surface area contributed by atoms with E-state index in [-0.39, 0.29) is 0 Å². The molecule has 0 aromatic heterocycles. The lowest BCUT2D eigenvalue weighted by Gasteiger charge is -2.11. The molecule has 0 aliphatic heterocycles. The van der Waals surface area contributed by atoms with Crippen LogP contribution in [0.4, 0.5) is 0 Å². The largest absolute Gasteiger partial charge is 0.264 e. The van der Waals surface area contributed by atoms with Crippen molar-refractivity contribution in [2.45, 2.75) is 20.3 Å². The van der Waals surface area contributed by atoms with Crippen LogP contribution in [-0.2, 0) is 0 Å². The second-order valence-electron chi connectivity index (χ2n) is 3.63. The molecular formula is C13H17N. The van der Waals surface area contributed by atoms with Crippen molar-refractivity contribution in [3.8, 4) is 0 Å². The molecule has 1 nitrogen and oxygen atoms in total. The third-order valence-corrected chi connectivity index (χ3v) is 2.16. The minimum atomic E-state index is 0.615. The van der Waals surface area contributed by atoms with Gasteiger partial charge in [0.2, 0.25) is 0 Å². The Bertz CT molecular complexity index is 314. The lowest BCUT2D eigenvalue weighted by atomic mass is 9.95. The molecule has 0 atom stereocenters. The fourth-order valence-corrected chi connectivity index (χ4v) is 1.30. The van der Waals surface area contributed by atoms with E-state index < -0.39 is 0 Å². The molecule has 0 heterocycles. The SMILES string of the molecule is C=CC=N/C=C1/C=CC(C(C)C)=CC1. The molecule has 0 spiro atoms. The quantitative estimate of drug-likeness (QED) is 0.598. The highest BCUT2D eigenvalue weighted by Gasteiger charge is 2.03. The number of allylic oxidation sites excluding steroid dienone is 6. The van der Waals surface area contributed by atoms with Gasteiger partial charge in [-0.1, -0.05) is 44.7 Å². The molecule has 0 bridgehead atoms. The molecule has 1 aliphatic rings. The number of nitrogens with zero attached hydrogens (tertiary/aromatic N) is 1. The molecule has 1 heteroatoms. The molecule has 1 rings (SSSR count). The molecule has 0 saturated heterocycles. The Morgan fingerprint density at radius 3 is 2.71 bits per heavy atom. The van der Waals surface area contributed by atoms with Crippen LogP contribution in [0.25, 0.3) is 0 Å². The molecule has 0 aromatic rings. The van der Waals surface area contributed by atoms with Gasteiger partial charge in [-0.05, 0) is 23.5 Å². The first-order valence-electron chi connectivity index (χ1n) is 4.95. The highest BCUT2D eigenvalue weighted by Crippen LogP contribution is 2.20. The molecule has 1 aliphatic carbocycles. The zero-order chi connectivity index (χ0) is 10.4. The summed E-state index contributed by atoms with van der Waals surface area (Å²) in [6, 6.07) is 0. The molecule has 0 radical (unpaired) electrons. The molecule has 14 heavy (non-hydrogen) atoms. The van der Waals surface area contributed by atoms with Gasteiger partial charge in [-0.25, -0.2) is 0 Å². The number of rotatable bonds is 3. The van der Waals surface area contributed by atoms with Gasteiger partial charge in [-0.2, -0.15) is 0 Å². The zero-order valence-electron chi connectivity index (χ0n) is 8.90. The molecule has 0 fully saturated rings. The second-order valence-corrected chi connectivity index (χ2v) is 3.63. The second kappa shape index (κ2) is 5.38. The predicted octanol–water partition coefficient (Wildman–Crippen LogP) is 3.67. The van der Waals surface area contributed by atoms with E-state index in [2.05, 4.69) is 43.6 Å². The van der Waals surface area contributed by atoms with Gasteiger partial charge in [0.1, 0.15) is 0 Å². The van der Waals surface area contributed by atoms with E-state index in [0.29, 0.717) is 5.92 Å². The van der Waals surface area contributed by atoms with Gasteiger partial charge in [0.15, 0.2) is 0 Å². The van der Waals surface area contributed by atoms with Crippen LogP contribution in [0.5, 0.6) is 0 Å². The van der Waals surface area contributed by atoms with Crippen LogP contribution in [0.2, 0.25) is 0 Å². The summed E-state index contributed by atoms with van der Waals surface area (Å²) in [6.07, 6.45) is 12.8. The van der Waals surface area contributed by atoms with Crippen molar-refractivity contribution < 1.29 is 0 Å².